The monoisotopic (exact) mass is 1240 g/mol. The quantitative estimate of drug-likeness (QED) is 0.0222. The summed E-state index contributed by atoms with van der Waals surface area (Å²) in [6.07, 6.45) is 35.1. The molecule has 5 atom stereocenters. The number of aliphatic hydroxyl groups is 1. The lowest BCUT2D eigenvalue weighted by atomic mass is 10.0. The number of hydrogen-bond donors (Lipinski definition) is 3. The summed E-state index contributed by atoms with van der Waals surface area (Å²) in [5.74, 6) is 0.720. The first-order valence-corrected chi connectivity index (χ1v) is 36.7. The molecule has 0 aliphatic rings. The number of unbranched alkanes of at least 4 members (excludes halogenated alkanes) is 28. The molecule has 0 aromatic carbocycles. The number of phosphoric acid groups is 2. The van der Waals surface area contributed by atoms with Gasteiger partial charge in [0.15, 0.2) is 12.2 Å². The van der Waals surface area contributed by atoms with Crippen LogP contribution in [0.25, 0.3) is 0 Å². The minimum Gasteiger partial charge on any atom is -0.462 e. The van der Waals surface area contributed by atoms with E-state index < -0.39 is 97.5 Å². The molecule has 3 N–H and O–H groups in total. The van der Waals surface area contributed by atoms with Crippen LogP contribution in [0.1, 0.15) is 312 Å². The fraction of sp³-hybridized carbons (Fsp3) is 0.938. The van der Waals surface area contributed by atoms with Gasteiger partial charge in [-0.05, 0) is 49.4 Å². The summed E-state index contributed by atoms with van der Waals surface area (Å²) in [5.41, 5.74) is 0. The topological polar surface area (TPSA) is 237 Å². The lowest BCUT2D eigenvalue weighted by Gasteiger charge is -2.21. The molecule has 0 spiro atoms. The second kappa shape index (κ2) is 55.2. The van der Waals surface area contributed by atoms with Gasteiger partial charge in [0.2, 0.25) is 0 Å². The molecule has 3 unspecified atom stereocenters. The highest BCUT2D eigenvalue weighted by Crippen LogP contribution is 2.45. The van der Waals surface area contributed by atoms with Crippen molar-refractivity contribution in [3.8, 4) is 0 Å². The van der Waals surface area contributed by atoms with Crippen LogP contribution in [0.2, 0.25) is 0 Å². The standard InChI is InChI=1S/C65H126O17P2/c1-55(2)41-33-25-17-12-10-9-11-13-20-29-37-45-62(67)75-51-60(81-64(69)47-39-31-22-16-19-27-35-43-57(5)6)53-79-83(71,72)77-49-59(66)50-78-84(73,74)80-54-61(82-65(70)48-40-32-24-23-28-36-44-58(7)8)52-76-63(68)46-38-30-21-15-14-18-26-34-42-56(3)4/h55-61,66H,9-54H2,1-8H3,(H,71,72)(H,73,74)/t59?,60-,61-/m1/s1. The van der Waals surface area contributed by atoms with Crippen LogP contribution in [0.4, 0.5) is 0 Å². The van der Waals surface area contributed by atoms with Gasteiger partial charge >= 0.3 is 39.5 Å². The van der Waals surface area contributed by atoms with Crippen molar-refractivity contribution in [1.82, 2.24) is 0 Å². The normalized spacial score (nSPS) is 14.4. The Morgan fingerprint density at radius 3 is 0.738 bits per heavy atom. The molecule has 0 heterocycles. The van der Waals surface area contributed by atoms with Crippen molar-refractivity contribution in [2.24, 2.45) is 23.7 Å². The largest absolute Gasteiger partial charge is 0.472 e. The van der Waals surface area contributed by atoms with E-state index in [1.54, 1.807) is 0 Å². The minimum atomic E-state index is -4.95. The highest BCUT2D eigenvalue weighted by atomic mass is 31.2. The van der Waals surface area contributed by atoms with Gasteiger partial charge in [-0.3, -0.25) is 37.3 Å². The van der Waals surface area contributed by atoms with E-state index in [-0.39, 0.29) is 25.7 Å². The van der Waals surface area contributed by atoms with Crippen LogP contribution in [-0.2, 0) is 65.4 Å². The molecule has 17 nitrogen and oxygen atoms in total. The van der Waals surface area contributed by atoms with Crippen LogP contribution in [0, 0.1) is 23.7 Å². The van der Waals surface area contributed by atoms with Crippen LogP contribution in [-0.4, -0.2) is 96.7 Å². The molecule has 19 heteroatoms. The van der Waals surface area contributed by atoms with Crippen LogP contribution in [0.3, 0.4) is 0 Å². The number of carbonyl (C=O) groups excluding carboxylic acids is 4. The summed E-state index contributed by atoms with van der Waals surface area (Å²) in [6.45, 7) is 13.9. The van der Waals surface area contributed by atoms with Crippen LogP contribution in [0.5, 0.6) is 0 Å². The molecule has 0 aromatic heterocycles. The first-order valence-electron chi connectivity index (χ1n) is 33.7. The lowest BCUT2D eigenvalue weighted by molar-refractivity contribution is -0.161. The van der Waals surface area contributed by atoms with E-state index >= 15 is 0 Å². The summed E-state index contributed by atoms with van der Waals surface area (Å²) in [4.78, 5) is 72.2. The number of carbonyl (C=O) groups is 4. The van der Waals surface area contributed by atoms with Gasteiger partial charge in [0.1, 0.15) is 19.3 Å². The van der Waals surface area contributed by atoms with Crippen molar-refractivity contribution in [3.05, 3.63) is 0 Å². The maximum Gasteiger partial charge on any atom is 0.472 e. The summed E-state index contributed by atoms with van der Waals surface area (Å²) < 4.78 is 68.0. The predicted molar refractivity (Wildman–Crippen MR) is 335 cm³/mol. The SMILES string of the molecule is CC(C)CCCCCCCCCCCCCC(=O)OC[C@H](COP(=O)(O)OCC(O)COP(=O)(O)OC[C@@H](COC(=O)CCCCCCCCCCC(C)C)OC(=O)CCCCCCCCC(C)C)OC(=O)CCCCCCCCCC(C)C. The Morgan fingerprint density at radius 1 is 0.298 bits per heavy atom. The fourth-order valence-electron chi connectivity index (χ4n) is 9.61. The first-order chi connectivity index (χ1) is 40.1. The number of ether oxygens (including phenoxy) is 4. The second-order valence-corrected chi connectivity index (χ2v) is 28.3. The Hall–Kier alpha value is -1.94. The van der Waals surface area contributed by atoms with Gasteiger partial charge in [-0.25, -0.2) is 9.13 Å². The van der Waals surface area contributed by atoms with Crippen molar-refractivity contribution >= 4 is 39.5 Å². The molecule has 0 fully saturated rings. The summed E-state index contributed by atoms with van der Waals surface area (Å²) in [7, 11) is -9.89. The Balaban J connectivity index is 5.22. The van der Waals surface area contributed by atoms with Crippen LogP contribution >= 0.6 is 15.6 Å². The molecule has 0 bridgehead atoms. The average molecular weight is 1240 g/mol. The zero-order valence-corrected chi connectivity index (χ0v) is 56.3. The maximum absolute atomic E-state index is 13.0. The Morgan fingerprint density at radius 2 is 0.500 bits per heavy atom. The number of rotatable bonds is 62. The van der Waals surface area contributed by atoms with Crippen molar-refractivity contribution in [3.63, 3.8) is 0 Å². The molecule has 0 saturated carbocycles. The molecule has 0 amide bonds. The fourth-order valence-corrected chi connectivity index (χ4v) is 11.2. The molecule has 0 radical (unpaired) electrons. The zero-order chi connectivity index (χ0) is 62.5. The minimum absolute atomic E-state index is 0.101. The predicted octanol–water partition coefficient (Wildman–Crippen LogP) is 17.8. The van der Waals surface area contributed by atoms with E-state index in [1.165, 1.54) is 116 Å². The number of hydrogen-bond acceptors (Lipinski definition) is 15. The number of esters is 4. The van der Waals surface area contributed by atoms with Crippen molar-refractivity contribution < 1.29 is 80.2 Å². The van der Waals surface area contributed by atoms with Gasteiger partial charge in [-0.1, -0.05) is 261 Å². The third kappa shape index (κ3) is 59.0. The summed E-state index contributed by atoms with van der Waals surface area (Å²) in [5, 5.41) is 10.5. The van der Waals surface area contributed by atoms with Gasteiger partial charge in [0.25, 0.3) is 0 Å². The molecular formula is C65H126O17P2. The summed E-state index contributed by atoms with van der Waals surface area (Å²) in [6, 6.07) is 0. The lowest BCUT2D eigenvalue weighted by Crippen LogP contribution is -2.30. The van der Waals surface area contributed by atoms with E-state index in [9.17, 15) is 43.2 Å². The maximum atomic E-state index is 13.0. The molecule has 84 heavy (non-hydrogen) atoms. The highest BCUT2D eigenvalue weighted by molar-refractivity contribution is 7.47. The Labute approximate surface area is 511 Å². The number of phosphoric ester groups is 2. The number of aliphatic hydroxyl groups excluding tert-OH is 1. The molecule has 0 saturated heterocycles. The smallest absolute Gasteiger partial charge is 0.462 e. The van der Waals surface area contributed by atoms with Crippen molar-refractivity contribution in [2.45, 2.75) is 331 Å². The average Bonchev–Trinajstić information content (AvgIpc) is 3.45. The van der Waals surface area contributed by atoms with Gasteiger partial charge in [0, 0.05) is 25.7 Å². The molecule has 0 rings (SSSR count). The summed E-state index contributed by atoms with van der Waals surface area (Å²) >= 11 is 0. The van der Waals surface area contributed by atoms with Gasteiger partial charge in [-0.15, -0.1) is 0 Å². The van der Waals surface area contributed by atoms with E-state index in [0.717, 1.165) is 102 Å². The van der Waals surface area contributed by atoms with Crippen LogP contribution < -0.4 is 0 Å². The molecular weight excluding hydrogens is 1110 g/mol. The van der Waals surface area contributed by atoms with Gasteiger partial charge < -0.3 is 33.8 Å². The third-order valence-corrected chi connectivity index (χ3v) is 16.7. The first kappa shape index (κ1) is 82.1. The molecule has 0 aliphatic carbocycles. The Kier molecular flexibility index (Phi) is 53.9. The molecule has 498 valence electrons. The zero-order valence-electron chi connectivity index (χ0n) is 54.5. The van der Waals surface area contributed by atoms with Gasteiger partial charge in [-0.2, -0.15) is 0 Å². The van der Waals surface area contributed by atoms with Gasteiger partial charge in [0.05, 0.1) is 26.4 Å². The Bertz CT molecular complexity index is 1680. The van der Waals surface area contributed by atoms with E-state index in [0.29, 0.717) is 37.5 Å². The third-order valence-electron chi connectivity index (χ3n) is 14.8. The van der Waals surface area contributed by atoms with Crippen LogP contribution in [0.15, 0.2) is 0 Å². The highest BCUT2D eigenvalue weighted by Gasteiger charge is 2.30. The van der Waals surface area contributed by atoms with E-state index in [2.05, 4.69) is 55.4 Å². The van der Waals surface area contributed by atoms with E-state index in [4.69, 9.17) is 37.0 Å². The van der Waals surface area contributed by atoms with E-state index in [1.807, 2.05) is 0 Å². The van der Waals surface area contributed by atoms with Crippen molar-refractivity contribution in [1.29, 1.82) is 0 Å². The van der Waals surface area contributed by atoms with Crippen molar-refractivity contribution in [2.75, 3.05) is 39.6 Å². The molecule has 0 aliphatic heterocycles. The second-order valence-electron chi connectivity index (χ2n) is 25.4. The molecule has 0 aromatic rings.